The minimum absolute atomic E-state index is 0.179. The fraction of sp³-hybridized carbons (Fsp3) is 0.0476. The van der Waals surface area contributed by atoms with Crippen LogP contribution >= 0.6 is 22.9 Å². The van der Waals surface area contributed by atoms with E-state index in [4.69, 9.17) is 11.6 Å². The smallest absolute Gasteiger partial charge is 0.268 e. The second kappa shape index (κ2) is 9.16. The van der Waals surface area contributed by atoms with Crippen molar-refractivity contribution >= 4 is 40.8 Å². The van der Waals surface area contributed by atoms with Crippen molar-refractivity contribution in [2.24, 2.45) is 0 Å². The largest absolute Gasteiger partial charge is 0.347 e. The molecule has 27 heavy (non-hydrogen) atoms. The number of carbonyl (C=O) groups is 2. The second-order valence-corrected chi connectivity index (χ2v) is 7.05. The average molecular weight is 397 g/mol. The predicted octanol–water partition coefficient (Wildman–Crippen LogP) is 4.49. The zero-order valence-corrected chi connectivity index (χ0v) is 15.9. The molecular formula is C21H17ClN2O2S. The van der Waals surface area contributed by atoms with Crippen LogP contribution in [-0.4, -0.2) is 11.8 Å². The summed E-state index contributed by atoms with van der Waals surface area (Å²) in [6.07, 6.45) is 1.66. The van der Waals surface area contributed by atoms with E-state index in [0.29, 0.717) is 10.6 Å². The monoisotopic (exact) mass is 396 g/mol. The summed E-state index contributed by atoms with van der Waals surface area (Å²) in [5.41, 5.74) is 1.46. The number of carbonyl (C=O) groups excluding carboxylic acids is 2. The Morgan fingerprint density at radius 2 is 1.70 bits per heavy atom. The Bertz CT molecular complexity index is 953. The van der Waals surface area contributed by atoms with E-state index in [1.807, 2.05) is 41.8 Å². The first-order valence-electron chi connectivity index (χ1n) is 8.26. The SMILES string of the molecule is O=C(NCc1ccccc1Cl)/C(=C/c1cccs1)NC(=O)c1ccccc1. The summed E-state index contributed by atoms with van der Waals surface area (Å²) in [5.74, 6) is -0.723. The predicted molar refractivity (Wildman–Crippen MR) is 110 cm³/mol. The number of hydrogen-bond acceptors (Lipinski definition) is 3. The van der Waals surface area contributed by atoms with Gasteiger partial charge in [-0.2, -0.15) is 0 Å². The molecule has 136 valence electrons. The minimum Gasteiger partial charge on any atom is -0.347 e. The highest BCUT2D eigenvalue weighted by molar-refractivity contribution is 7.10. The fourth-order valence-corrected chi connectivity index (χ4v) is 3.23. The Labute approximate surface area is 166 Å². The van der Waals surface area contributed by atoms with E-state index in [2.05, 4.69) is 10.6 Å². The van der Waals surface area contributed by atoms with Crippen LogP contribution in [-0.2, 0) is 11.3 Å². The number of hydrogen-bond donors (Lipinski definition) is 2. The van der Waals surface area contributed by atoms with Gasteiger partial charge in [-0.25, -0.2) is 0 Å². The summed E-state index contributed by atoms with van der Waals surface area (Å²) in [7, 11) is 0. The van der Waals surface area contributed by atoms with E-state index >= 15 is 0 Å². The molecule has 1 aromatic heterocycles. The quantitative estimate of drug-likeness (QED) is 0.603. The molecule has 0 aliphatic rings. The first-order valence-corrected chi connectivity index (χ1v) is 9.52. The maximum atomic E-state index is 12.7. The number of halogens is 1. The van der Waals surface area contributed by atoms with E-state index in [1.165, 1.54) is 11.3 Å². The van der Waals surface area contributed by atoms with Gasteiger partial charge in [-0.05, 0) is 41.3 Å². The molecule has 0 aliphatic heterocycles. The van der Waals surface area contributed by atoms with Gasteiger partial charge >= 0.3 is 0 Å². The van der Waals surface area contributed by atoms with Gasteiger partial charge in [0.1, 0.15) is 5.70 Å². The van der Waals surface area contributed by atoms with Crippen molar-refractivity contribution in [3.8, 4) is 0 Å². The molecule has 3 rings (SSSR count). The summed E-state index contributed by atoms with van der Waals surface area (Å²) in [6, 6.07) is 19.8. The third-order valence-electron chi connectivity index (χ3n) is 3.76. The lowest BCUT2D eigenvalue weighted by atomic mass is 10.2. The Hall–Kier alpha value is -2.89. The van der Waals surface area contributed by atoms with Gasteiger partial charge in [0.25, 0.3) is 11.8 Å². The third kappa shape index (κ3) is 5.29. The van der Waals surface area contributed by atoms with Crippen LogP contribution in [0.2, 0.25) is 5.02 Å². The molecule has 2 aromatic carbocycles. The van der Waals surface area contributed by atoms with Crippen molar-refractivity contribution in [3.05, 3.63) is 98.8 Å². The second-order valence-electron chi connectivity index (χ2n) is 5.67. The molecule has 0 radical (unpaired) electrons. The molecule has 0 bridgehead atoms. The van der Waals surface area contributed by atoms with E-state index in [0.717, 1.165) is 10.4 Å². The molecule has 4 nitrogen and oxygen atoms in total. The number of amides is 2. The number of rotatable bonds is 6. The minimum atomic E-state index is -0.382. The van der Waals surface area contributed by atoms with Gasteiger partial charge < -0.3 is 10.6 Å². The highest BCUT2D eigenvalue weighted by Gasteiger charge is 2.15. The normalized spacial score (nSPS) is 11.1. The molecular weight excluding hydrogens is 380 g/mol. The Balaban J connectivity index is 1.76. The molecule has 0 saturated carbocycles. The molecule has 3 aromatic rings. The van der Waals surface area contributed by atoms with Crippen molar-refractivity contribution in [1.29, 1.82) is 0 Å². The van der Waals surface area contributed by atoms with Gasteiger partial charge in [0.05, 0.1) is 0 Å². The highest BCUT2D eigenvalue weighted by atomic mass is 35.5. The summed E-state index contributed by atoms with van der Waals surface area (Å²) in [4.78, 5) is 26.0. The van der Waals surface area contributed by atoms with Gasteiger partial charge in [-0.3, -0.25) is 9.59 Å². The lowest BCUT2D eigenvalue weighted by molar-refractivity contribution is -0.117. The van der Waals surface area contributed by atoms with E-state index in [-0.39, 0.29) is 24.1 Å². The standard InChI is InChI=1S/C21H17ClN2O2S/c22-18-11-5-4-9-16(18)14-23-21(26)19(13-17-10-6-12-27-17)24-20(25)15-7-2-1-3-8-15/h1-13H,14H2,(H,23,26)(H,24,25)/b19-13-. The maximum absolute atomic E-state index is 12.7. The molecule has 0 unspecified atom stereocenters. The van der Waals surface area contributed by atoms with Gasteiger partial charge in [0.2, 0.25) is 0 Å². The molecule has 2 N–H and O–H groups in total. The van der Waals surface area contributed by atoms with Crippen LogP contribution < -0.4 is 10.6 Å². The molecule has 1 heterocycles. The highest BCUT2D eigenvalue weighted by Crippen LogP contribution is 2.16. The summed E-state index contributed by atoms with van der Waals surface area (Å²) < 4.78 is 0. The molecule has 2 amide bonds. The molecule has 0 spiro atoms. The lowest BCUT2D eigenvalue weighted by Gasteiger charge is -2.11. The van der Waals surface area contributed by atoms with Crippen molar-refractivity contribution < 1.29 is 9.59 Å². The van der Waals surface area contributed by atoms with Gasteiger partial charge in [-0.15, -0.1) is 11.3 Å². The average Bonchev–Trinajstić information content (AvgIpc) is 3.20. The van der Waals surface area contributed by atoms with Crippen LogP contribution in [0.15, 0.2) is 77.8 Å². The summed E-state index contributed by atoms with van der Waals surface area (Å²) in [6.45, 7) is 0.265. The van der Waals surface area contributed by atoms with Gasteiger partial charge in [0.15, 0.2) is 0 Å². The van der Waals surface area contributed by atoms with Crippen LogP contribution in [0.5, 0.6) is 0 Å². The maximum Gasteiger partial charge on any atom is 0.268 e. The Morgan fingerprint density at radius 1 is 0.963 bits per heavy atom. The van der Waals surface area contributed by atoms with Gasteiger partial charge in [0, 0.05) is 22.0 Å². The fourth-order valence-electron chi connectivity index (χ4n) is 2.37. The van der Waals surface area contributed by atoms with Crippen molar-refractivity contribution in [3.63, 3.8) is 0 Å². The van der Waals surface area contributed by atoms with Crippen molar-refractivity contribution in [1.82, 2.24) is 10.6 Å². The number of nitrogens with one attached hydrogen (secondary N) is 2. The van der Waals surface area contributed by atoms with E-state index < -0.39 is 0 Å². The number of thiophene rings is 1. The van der Waals surface area contributed by atoms with Crippen molar-refractivity contribution in [2.45, 2.75) is 6.54 Å². The topological polar surface area (TPSA) is 58.2 Å². The summed E-state index contributed by atoms with van der Waals surface area (Å²) >= 11 is 7.61. The van der Waals surface area contributed by atoms with Crippen molar-refractivity contribution in [2.75, 3.05) is 0 Å². The third-order valence-corrected chi connectivity index (χ3v) is 4.94. The van der Waals surface area contributed by atoms with Crippen LogP contribution in [0.25, 0.3) is 6.08 Å². The molecule has 0 saturated heterocycles. The molecule has 0 aliphatic carbocycles. The molecule has 0 atom stereocenters. The van der Waals surface area contributed by atoms with Crippen LogP contribution in [0.1, 0.15) is 20.8 Å². The van der Waals surface area contributed by atoms with E-state index in [1.54, 1.807) is 36.4 Å². The lowest BCUT2D eigenvalue weighted by Crippen LogP contribution is -2.34. The van der Waals surface area contributed by atoms with Crippen LogP contribution in [0, 0.1) is 0 Å². The first-order chi connectivity index (χ1) is 13.1. The Morgan fingerprint density at radius 3 is 2.41 bits per heavy atom. The van der Waals surface area contributed by atoms with Gasteiger partial charge in [-0.1, -0.05) is 54.1 Å². The Kier molecular flexibility index (Phi) is 6.41. The molecule has 6 heteroatoms. The van der Waals surface area contributed by atoms with E-state index in [9.17, 15) is 9.59 Å². The van der Waals surface area contributed by atoms with Crippen LogP contribution in [0.3, 0.4) is 0 Å². The zero-order chi connectivity index (χ0) is 19.1. The molecule has 0 fully saturated rings. The summed E-state index contributed by atoms with van der Waals surface area (Å²) in [5, 5.41) is 8.00. The van der Waals surface area contributed by atoms with Crippen LogP contribution in [0.4, 0.5) is 0 Å². The number of benzene rings is 2. The zero-order valence-electron chi connectivity index (χ0n) is 14.3. The first kappa shape index (κ1) is 18.9.